The number of carbonyl (C=O) groups excluding carboxylic acids is 1. The van der Waals surface area contributed by atoms with Gasteiger partial charge in [-0.1, -0.05) is 12.1 Å². The number of aromatic nitrogens is 2. The van der Waals surface area contributed by atoms with Crippen molar-refractivity contribution in [3.63, 3.8) is 0 Å². The molecule has 1 aromatic heterocycles. The number of benzene rings is 2. The van der Waals surface area contributed by atoms with Gasteiger partial charge in [0.15, 0.2) is 0 Å². The molecular weight excluding hydrogens is 347 g/mol. The molecule has 2 aromatic carbocycles. The zero-order valence-electron chi connectivity index (χ0n) is 15.0. The molecule has 0 saturated carbocycles. The topological polar surface area (TPSA) is 67.3 Å². The standard InChI is InChI=1S/C20H19FN4O2/c1-25(12-14-3-5-15(21)6-4-14)19-11-18(22-13-23-19)20(26)24-16-7-9-17(27-2)10-8-16/h3-11,13H,12H2,1-2H3,(H,24,26). The van der Waals surface area contributed by atoms with Gasteiger partial charge in [-0.3, -0.25) is 4.79 Å². The Labute approximate surface area is 156 Å². The molecule has 0 fully saturated rings. The van der Waals surface area contributed by atoms with E-state index in [9.17, 15) is 9.18 Å². The van der Waals surface area contributed by atoms with Crippen LogP contribution in [0.25, 0.3) is 0 Å². The molecular formula is C20H19FN4O2. The Morgan fingerprint density at radius 1 is 1.11 bits per heavy atom. The largest absolute Gasteiger partial charge is 0.497 e. The van der Waals surface area contributed by atoms with Crippen molar-refractivity contribution < 1.29 is 13.9 Å². The molecule has 1 heterocycles. The Hall–Kier alpha value is -3.48. The van der Waals surface area contributed by atoms with Crippen LogP contribution in [-0.2, 0) is 6.54 Å². The van der Waals surface area contributed by atoms with E-state index in [4.69, 9.17) is 4.74 Å². The van der Waals surface area contributed by atoms with Crippen LogP contribution >= 0.6 is 0 Å². The maximum absolute atomic E-state index is 13.0. The summed E-state index contributed by atoms with van der Waals surface area (Å²) in [5.74, 6) is 0.689. The van der Waals surface area contributed by atoms with Crippen molar-refractivity contribution in [2.75, 3.05) is 24.4 Å². The van der Waals surface area contributed by atoms with E-state index in [0.717, 1.165) is 5.56 Å². The predicted molar refractivity (Wildman–Crippen MR) is 101 cm³/mol. The van der Waals surface area contributed by atoms with Gasteiger partial charge in [0.25, 0.3) is 5.91 Å². The molecule has 0 atom stereocenters. The summed E-state index contributed by atoms with van der Waals surface area (Å²) in [6.07, 6.45) is 1.35. The van der Waals surface area contributed by atoms with Crippen molar-refractivity contribution in [2.45, 2.75) is 6.54 Å². The molecule has 27 heavy (non-hydrogen) atoms. The van der Waals surface area contributed by atoms with Gasteiger partial charge < -0.3 is 15.0 Å². The molecule has 1 amide bonds. The lowest BCUT2D eigenvalue weighted by Gasteiger charge is -2.18. The fourth-order valence-corrected chi connectivity index (χ4v) is 2.49. The van der Waals surface area contributed by atoms with Crippen LogP contribution in [0.4, 0.5) is 15.9 Å². The van der Waals surface area contributed by atoms with Crippen LogP contribution in [0, 0.1) is 5.82 Å². The number of hydrogen-bond acceptors (Lipinski definition) is 5. The van der Waals surface area contributed by atoms with Crippen LogP contribution in [-0.4, -0.2) is 30.0 Å². The first-order valence-electron chi connectivity index (χ1n) is 8.28. The molecule has 3 rings (SSSR count). The van der Waals surface area contributed by atoms with Crippen LogP contribution in [0.3, 0.4) is 0 Å². The van der Waals surface area contributed by atoms with E-state index in [1.165, 1.54) is 18.5 Å². The molecule has 0 aliphatic heterocycles. The SMILES string of the molecule is COc1ccc(NC(=O)c2cc(N(C)Cc3ccc(F)cc3)ncn2)cc1. The van der Waals surface area contributed by atoms with E-state index in [0.29, 0.717) is 23.8 Å². The molecule has 0 aliphatic rings. The number of anilines is 2. The van der Waals surface area contributed by atoms with E-state index >= 15 is 0 Å². The molecule has 138 valence electrons. The van der Waals surface area contributed by atoms with Crippen molar-refractivity contribution >= 4 is 17.4 Å². The van der Waals surface area contributed by atoms with Crippen molar-refractivity contribution in [1.29, 1.82) is 0 Å². The summed E-state index contributed by atoms with van der Waals surface area (Å²) in [5.41, 5.74) is 1.82. The summed E-state index contributed by atoms with van der Waals surface area (Å²) in [6.45, 7) is 0.525. The van der Waals surface area contributed by atoms with Crippen molar-refractivity contribution in [3.8, 4) is 5.75 Å². The first kappa shape index (κ1) is 18.3. The predicted octanol–water partition coefficient (Wildman–Crippen LogP) is 3.51. The Bertz CT molecular complexity index is 914. The van der Waals surface area contributed by atoms with Gasteiger partial charge in [-0.25, -0.2) is 14.4 Å². The van der Waals surface area contributed by atoms with Crippen LogP contribution in [0.2, 0.25) is 0 Å². The summed E-state index contributed by atoms with van der Waals surface area (Å²) in [5, 5.41) is 2.79. The molecule has 0 unspecified atom stereocenters. The fourth-order valence-electron chi connectivity index (χ4n) is 2.49. The second kappa shape index (κ2) is 8.27. The Morgan fingerprint density at radius 2 is 1.81 bits per heavy atom. The molecule has 0 saturated heterocycles. The third-order valence-corrected chi connectivity index (χ3v) is 3.96. The molecule has 6 nitrogen and oxygen atoms in total. The minimum Gasteiger partial charge on any atom is -0.497 e. The molecule has 0 bridgehead atoms. The highest BCUT2D eigenvalue weighted by atomic mass is 19.1. The van der Waals surface area contributed by atoms with Gasteiger partial charge >= 0.3 is 0 Å². The normalized spacial score (nSPS) is 10.3. The second-order valence-corrected chi connectivity index (χ2v) is 5.93. The number of halogens is 1. The highest BCUT2D eigenvalue weighted by Gasteiger charge is 2.12. The Morgan fingerprint density at radius 3 is 2.48 bits per heavy atom. The lowest BCUT2D eigenvalue weighted by Crippen LogP contribution is -2.20. The van der Waals surface area contributed by atoms with Gasteiger partial charge in [-0.05, 0) is 42.0 Å². The number of carbonyl (C=O) groups is 1. The smallest absolute Gasteiger partial charge is 0.274 e. The lowest BCUT2D eigenvalue weighted by atomic mass is 10.2. The summed E-state index contributed by atoms with van der Waals surface area (Å²) in [4.78, 5) is 22.6. The fraction of sp³-hybridized carbons (Fsp3) is 0.150. The Kier molecular flexibility index (Phi) is 5.61. The van der Waals surface area contributed by atoms with Crippen molar-refractivity contribution in [2.24, 2.45) is 0 Å². The summed E-state index contributed by atoms with van der Waals surface area (Å²) < 4.78 is 18.1. The second-order valence-electron chi connectivity index (χ2n) is 5.93. The Balaban J connectivity index is 1.69. The minimum absolute atomic E-state index is 0.252. The molecule has 3 aromatic rings. The van der Waals surface area contributed by atoms with Gasteiger partial charge in [0.05, 0.1) is 7.11 Å². The highest BCUT2D eigenvalue weighted by Crippen LogP contribution is 2.17. The first-order chi connectivity index (χ1) is 13.0. The first-order valence-corrected chi connectivity index (χ1v) is 8.28. The van der Waals surface area contributed by atoms with E-state index in [2.05, 4.69) is 15.3 Å². The number of nitrogens with one attached hydrogen (secondary N) is 1. The third kappa shape index (κ3) is 4.78. The lowest BCUT2D eigenvalue weighted by molar-refractivity contribution is 0.102. The average Bonchev–Trinajstić information content (AvgIpc) is 2.70. The van der Waals surface area contributed by atoms with Crippen molar-refractivity contribution in [3.05, 3.63) is 78.0 Å². The summed E-state index contributed by atoms with van der Waals surface area (Å²) in [7, 11) is 3.43. The maximum atomic E-state index is 13.0. The van der Waals surface area contributed by atoms with Crippen LogP contribution in [0.5, 0.6) is 5.75 Å². The van der Waals surface area contributed by atoms with Gasteiger partial charge in [0, 0.05) is 25.3 Å². The minimum atomic E-state index is -0.334. The summed E-state index contributed by atoms with van der Waals surface area (Å²) in [6, 6.07) is 14.9. The molecule has 7 heteroatoms. The van der Waals surface area contributed by atoms with Crippen LogP contribution < -0.4 is 15.0 Å². The number of hydrogen-bond donors (Lipinski definition) is 1. The van der Waals surface area contributed by atoms with Gasteiger partial charge in [-0.2, -0.15) is 0 Å². The number of nitrogens with zero attached hydrogens (tertiary/aromatic N) is 3. The number of rotatable bonds is 6. The quantitative estimate of drug-likeness (QED) is 0.723. The average molecular weight is 366 g/mol. The number of amides is 1. The van der Waals surface area contributed by atoms with E-state index in [1.807, 2.05) is 11.9 Å². The monoisotopic (exact) mass is 366 g/mol. The number of methoxy groups -OCH3 is 1. The molecule has 0 aliphatic carbocycles. The van der Waals surface area contributed by atoms with E-state index in [-0.39, 0.29) is 17.4 Å². The van der Waals surface area contributed by atoms with Gasteiger partial charge in [0.2, 0.25) is 0 Å². The van der Waals surface area contributed by atoms with E-state index < -0.39 is 0 Å². The number of ether oxygens (including phenoxy) is 1. The third-order valence-electron chi connectivity index (χ3n) is 3.96. The molecule has 1 N–H and O–H groups in total. The van der Waals surface area contributed by atoms with Crippen LogP contribution in [0.1, 0.15) is 16.1 Å². The zero-order chi connectivity index (χ0) is 19.2. The van der Waals surface area contributed by atoms with Crippen LogP contribution in [0.15, 0.2) is 60.9 Å². The van der Waals surface area contributed by atoms with E-state index in [1.54, 1.807) is 49.6 Å². The zero-order valence-corrected chi connectivity index (χ0v) is 15.0. The van der Waals surface area contributed by atoms with Gasteiger partial charge in [-0.15, -0.1) is 0 Å². The molecule has 0 radical (unpaired) electrons. The van der Waals surface area contributed by atoms with Gasteiger partial charge in [0.1, 0.15) is 29.4 Å². The summed E-state index contributed by atoms with van der Waals surface area (Å²) >= 11 is 0. The maximum Gasteiger partial charge on any atom is 0.274 e. The van der Waals surface area contributed by atoms with Crippen molar-refractivity contribution in [1.82, 2.24) is 9.97 Å². The highest BCUT2D eigenvalue weighted by molar-refractivity contribution is 6.03. The molecule has 0 spiro atoms.